The average molecular weight is 1020 g/mol. The van der Waals surface area contributed by atoms with Crippen molar-refractivity contribution >= 4 is 35.6 Å². The smallest absolute Gasteiger partial charge is 0.408 e. The van der Waals surface area contributed by atoms with E-state index in [0.29, 0.717) is 18.5 Å². The molecule has 13 nitrogen and oxygen atoms in total. The van der Waals surface area contributed by atoms with Crippen LogP contribution in [0.3, 0.4) is 0 Å². The summed E-state index contributed by atoms with van der Waals surface area (Å²) in [4.78, 5) is 75.6. The number of carbonyl (C=O) groups is 6. The number of ketones is 2. The van der Waals surface area contributed by atoms with Gasteiger partial charge in [0, 0.05) is 31.0 Å². The van der Waals surface area contributed by atoms with Crippen molar-refractivity contribution in [2.75, 3.05) is 0 Å². The molecule has 2 saturated heterocycles. The molecule has 3 amide bonds. The van der Waals surface area contributed by atoms with Crippen molar-refractivity contribution in [2.45, 2.75) is 167 Å². The number of nitrogens with zero attached hydrogens (tertiary/aromatic N) is 1. The van der Waals surface area contributed by atoms with Gasteiger partial charge in [-0.05, 0) is 158 Å². The van der Waals surface area contributed by atoms with E-state index in [1.54, 1.807) is 78.7 Å². The van der Waals surface area contributed by atoms with Crippen molar-refractivity contribution in [1.82, 2.24) is 20.9 Å². The molecular weight excluding hydrogens is 945 g/mol. The number of allylic oxidation sites excluding steroid dienone is 2. The van der Waals surface area contributed by atoms with E-state index in [1.165, 1.54) is 29.5 Å². The van der Waals surface area contributed by atoms with E-state index in [2.05, 4.69) is 64.5 Å². The van der Waals surface area contributed by atoms with E-state index in [1.807, 2.05) is 71.6 Å². The molecular formula is C62H78N4O9. The number of carboxylic acids is 1. The van der Waals surface area contributed by atoms with Gasteiger partial charge in [-0.1, -0.05) is 121 Å². The molecule has 4 aromatic rings. The second-order valence-corrected chi connectivity index (χ2v) is 22.2. The maximum atomic E-state index is 13.3. The molecule has 400 valence electrons. The number of carboxylic acid groups (broad SMARTS) is 1. The minimum Gasteiger partial charge on any atom is -0.478 e. The standard InChI is InChI=1S/C31H38N2O4.C21H29NO5.C10H11N/c1-21(32-30(36)37-31(2,3)4)28(34)20-23(15-14-22-10-6-5-7-11-22)16-19-29(35)33-26-17-18-27(33)25-13-9-8-12-24(25)26;1-15(22-20(26)27-21(2,3)4)18(23)14-17(12-13-19(24)25)11-10-16-8-6-5-7-9-16;1-2-4-8-7(3-1)9-5-6-10(8)11-9/h5-13,16,19,21,23,26-27H,14-15,17-18,20H2,1-4H3,(H,32,36);5-9,12-13,15,17H,10-11,14H2,1-4H3,(H,22,26)(H,24,25);1-4,9-11H,5-6H2/b19-16+;13-12+;/t21-,23-,26-,27+;15-,17-;9-,10+/m00./s1. The van der Waals surface area contributed by atoms with Crippen LogP contribution in [0, 0.1) is 11.8 Å². The van der Waals surface area contributed by atoms with Crippen molar-refractivity contribution in [3.63, 3.8) is 0 Å². The molecule has 0 aromatic heterocycles. The molecule has 0 aliphatic carbocycles. The Hall–Kier alpha value is -6.86. The minimum atomic E-state index is -1.05. The maximum Gasteiger partial charge on any atom is 0.408 e. The molecule has 4 aliphatic heterocycles. The van der Waals surface area contributed by atoms with Gasteiger partial charge in [-0.3, -0.25) is 14.4 Å². The largest absolute Gasteiger partial charge is 0.478 e. The number of nitrogens with one attached hydrogen (secondary N) is 3. The predicted molar refractivity (Wildman–Crippen MR) is 292 cm³/mol. The first-order valence-electron chi connectivity index (χ1n) is 26.6. The highest BCUT2D eigenvalue weighted by atomic mass is 16.6. The van der Waals surface area contributed by atoms with Crippen LogP contribution in [0.1, 0.15) is 164 Å². The van der Waals surface area contributed by atoms with Crippen LogP contribution in [0.25, 0.3) is 0 Å². The number of rotatable bonds is 18. The van der Waals surface area contributed by atoms with Crippen molar-refractivity contribution < 1.29 is 43.3 Å². The zero-order chi connectivity index (χ0) is 54.3. The van der Waals surface area contributed by atoms with Crippen molar-refractivity contribution in [3.8, 4) is 0 Å². The Balaban J connectivity index is 0.000000208. The Kier molecular flexibility index (Phi) is 20.3. The van der Waals surface area contributed by atoms with Crippen molar-refractivity contribution in [3.05, 3.63) is 167 Å². The van der Waals surface area contributed by atoms with E-state index >= 15 is 0 Å². The zero-order valence-corrected chi connectivity index (χ0v) is 45.1. The molecule has 4 bridgehead atoms. The van der Waals surface area contributed by atoms with E-state index in [4.69, 9.17) is 14.6 Å². The van der Waals surface area contributed by atoms with Crippen LogP contribution in [0.15, 0.2) is 133 Å². The van der Waals surface area contributed by atoms with Gasteiger partial charge in [-0.25, -0.2) is 14.4 Å². The van der Waals surface area contributed by atoms with Crippen molar-refractivity contribution in [2.24, 2.45) is 11.8 Å². The number of carbonyl (C=O) groups excluding carboxylic acids is 5. The van der Waals surface area contributed by atoms with Crippen LogP contribution in [0.4, 0.5) is 9.59 Å². The summed E-state index contributed by atoms with van der Waals surface area (Å²) in [6, 6.07) is 37.3. The lowest BCUT2D eigenvalue weighted by molar-refractivity contribution is -0.131. The number of aliphatic carboxylic acids is 1. The van der Waals surface area contributed by atoms with Gasteiger partial charge in [-0.15, -0.1) is 0 Å². The van der Waals surface area contributed by atoms with Gasteiger partial charge in [0.25, 0.3) is 0 Å². The van der Waals surface area contributed by atoms with Crippen LogP contribution in [-0.2, 0) is 41.5 Å². The molecule has 8 atom stereocenters. The lowest BCUT2D eigenvalue weighted by Gasteiger charge is -2.23. The second kappa shape index (κ2) is 26.6. The fourth-order valence-corrected chi connectivity index (χ4v) is 10.3. The highest BCUT2D eigenvalue weighted by Gasteiger charge is 2.45. The molecule has 4 N–H and O–H groups in total. The van der Waals surface area contributed by atoms with Crippen LogP contribution in [0.2, 0.25) is 0 Å². The maximum absolute atomic E-state index is 13.3. The van der Waals surface area contributed by atoms with E-state index in [0.717, 1.165) is 43.7 Å². The van der Waals surface area contributed by atoms with Gasteiger partial charge in [0.2, 0.25) is 5.91 Å². The molecule has 0 unspecified atom stereocenters. The topological polar surface area (TPSA) is 180 Å². The molecule has 4 aromatic carbocycles. The molecule has 13 heteroatoms. The van der Waals surface area contributed by atoms with Gasteiger partial charge >= 0.3 is 18.2 Å². The van der Waals surface area contributed by atoms with Crippen LogP contribution in [0.5, 0.6) is 0 Å². The quantitative estimate of drug-likeness (QED) is 0.0701. The molecule has 2 fully saturated rings. The number of alkyl carbamates (subject to hydrolysis) is 2. The summed E-state index contributed by atoms with van der Waals surface area (Å²) in [7, 11) is 0. The van der Waals surface area contributed by atoms with Crippen molar-refractivity contribution in [1.29, 1.82) is 0 Å². The predicted octanol–water partition coefficient (Wildman–Crippen LogP) is 12.0. The van der Waals surface area contributed by atoms with Gasteiger partial charge < -0.3 is 35.4 Å². The third-order valence-corrected chi connectivity index (χ3v) is 13.9. The summed E-state index contributed by atoms with van der Waals surface area (Å²) in [5.41, 5.74) is 6.65. The first-order valence-corrected chi connectivity index (χ1v) is 26.6. The summed E-state index contributed by atoms with van der Waals surface area (Å²) < 4.78 is 10.4. The fraction of sp³-hybridized carbons (Fsp3) is 0.452. The number of ether oxygens (including phenoxy) is 2. The zero-order valence-electron chi connectivity index (χ0n) is 45.1. The van der Waals surface area contributed by atoms with Gasteiger partial charge in [-0.2, -0.15) is 0 Å². The number of fused-ring (bicyclic) bond motifs is 10. The summed E-state index contributed by atoms with van der Waals surface area (Å²) in [6.07, 6.45) is 12.8. The Morgan fingerprint density at radius 3 is 1.33 bits per heavy atom. The highest BCUT2D eigenvalue weighted by molar-refractivity contribution is 5.90. The third-order valence-electron chi connectivity index (χ3n) is 13.9. The van der Waals surface area contributed by atoms with Crippen LogP contribution < -0.4 is 16.0 Å². The Bertz CT molecular complexity index is 2580. The molecule has 0 spiro atoms. The monoisotopic (exact) mass is 1020 g/mol. The fourth-order valence-electron chi connectivity index (χ4n) is 10.3. The normalized spacial score (nSPS) is 19.5. The number of hydrogen-bond acceptors (Lipinski definition) is 9. The second-order valence-electron chi connectivity index (χ2n) is 22.2. The Morgan fingerprint density at radius 1 is 0.573 bits per heavy atom. The molecule has 0 saturated carbocycles. The molecule has 75 heavy (non-hydrogen) atoms. The number of hydrogen-bond donors (Lipinski definition) is 4. The molecule has 8 rings (SSSR count). The van der Waals surface area contributed by atoms with Gasteiger partial charge in [0.15, 0.2) is 11.6 Å². The highest BCUT2D eigenvalue weighted by Crippen LogP contribution is 2.53. The Morgan fingerprint density at radius 2 is 0.947 bits per heavy atom. The number of benzene rings is 4. The van der Waals surface area contributed by atoms with E-state index < -0.39 is 41.4 Å². The van der Waals surface area contributed by atoms with Crippen LogP contribution >= 0.6 is 0 Å². The molecule has 4 aliphatic rings. The van der Waals surface area contributed by atoms with E-state index in [-0.39, 0.29) is 54.2 Å². The van der Waals surface area contributed by atoms with Gasteiger partial charge in [0.1, 0.15) is 11.2 Å². The first-order chi connectivity index (χ1) is 35.6. The SMILES string of the molecule is C[C@H](NC(=O)OC(C)(C)C)C(=O)C[C@H](/C=C/C(=O)N1[C@@H]2CC[C@H]1c1ccccc12)CCc1ccccc1.C[C@H](NC(=O)OC(C)(C)C)C(=O)C[C@H](/C=C/C(=O)O)CCc1ccccc1.c1ccc2c(c1)[C@@H]1CC[C@H]2N1. The lowest BCUT2D eigenvalue weighted by atomic mass is 9.92. The Labute approximate surface area is 443 Å². The first kappa shape index (κ1) is 57.4. The number of amides is 3. The van der Waals surface area contributed by atoms with Crippen LogP contribution in [-0.4, -0.2) is 68.9 Å². The minimum absolute atomic E-state index is 0.000730. The summed E-state index contributed by atoms with van der Waals surface area (Å²) in [5, 5.41) is 17.6. The third kappa shape index (κ3) is 17.6. The number of aryl methyl sites for hydroxylation is 2. The van der Waals surface area contributed by atoms with Gasteiger partial charge in [0.05, 0.1) is 24.2 Å². The summed E-state index contributed by atoms with van der Waals surface area (Å²) >= 11 is 0. The summed E-state index contributed by atoms with van der Waals surface area (Å²) in [6.45, 7) is 13.9. The van der Waals surface area contributed by atoms with E-state index in [9.17, 15) is 28.8 Å². The number of Topliss-reactive ketones (excluding diaryl/α,β-unsaturated/α-hetero) is 2. The molecule has 0 radical (unpaired) electrons. The average Bonchev–Trinajstić information content (AvgIpc) is 4.18. The lowest BCUT2D eigenvalue weighted by Crippen LogP contribution is -2.42. The summed E-state index contributed by atoms with van der Waals surface area (Å²) in [5.74, 6) is -1.66. The molecule has 4 heterocycles.